The summed E-state index contributed by atoms with van der Waals surface area (Å²) in [5.41, 5.74) is 2.21. The van der Waals surface area contributed by atoms with Gasteiger partial charge in [0.1, 0.15) is 17.5 Å². The molecular formula is C20H21FN4O. The van der Waals surface area contributed by atoms with Crippen LogP contribution in [0.1, 0.15) is 13.8 Å². The molecule has 134 valence electrons. The Balaban J connectivity index is 2.03. The topological polar surface area (TPSA) is 68.2 Å². The number of anilines is 3. The number of hydrogen-bond acceptors (Lipinski definition) is 4. The fourth-order valence-electron chi connectivity index (χ4n) is 2.39. The number of carbonyl (C=O) groups excluding carboxylic acids is 1. The van der Waals surface area contributed by atoms with E-state index in [9.17, 15) is 14.4 Å². The zero-order valence-corrected chi connectivity index (χ0v) is 14.8. The molecular weight excluding hydrogens is 331 g/mol. The van der Waals surface area contributed by atoms with E-state index in [1.54, 1.807) is 0 Å². The number of nitrogens with zero attached hydrogens (tertiary/aromatic N) is 2. The largest absolute Gasteiger partial charge is 0.372 e. The Kier molecular flexibility index (Phi) is 6.75. The van der Waals surface area contributed by atoms with Crippen LogP contribution in [0.3, 0.4) is 0 Å². The van der Waals surface area contributed by atoms with Gasteiger partial charge in [-0.3, -0.25) is 4.79 Å². The number of amides is 1. The van der Waals surface area contributed by atoms with Gasteiger partial charge in [0.25, 0.3) is 5.91 Å². The second-order valence-corrected chi connectivity index (χ2v) is 5.49. The normalized spacial score (nSPS) is 10.8. The van der Waals surface area contributed by atoms with Gasteiger partial charge in [-0.25, -0.2) is 4.39 Å². The molecule has 2 aromatic carbocycles. The van der Waals surface area contributed by atoms with Gasteiger partial charge >= 0.3 is 0 Å². The number of rotatable bonds is 7. The predicted molar refractivity (Wildman–Crippen MR) is 102 cm³/mol. The summed E-state index contributed by atoms with van der Waals surface area (Å²) < 4.78 is 12.9. The lowest BCUT2D eigenvalue weighted by Crippen LogP contribution is -2.21. The summed E-state index contributed by atoms with van der Waals surface area (Å²) >= 11 is 0. The van der Waals surface area contributed by atoms with Gasteiger partial charge in [0.15, 0.2) is 0 Å². The Morgan fingerprint density at radius 3 is 2.19 bits per heavy atom. The molecule has 0 saturated heterocycles. The van der Waals surface area contributed by atoms with Gasteiger partial charge in [-0.1, -0.05) is 0 Å². The first-order chi connectivity index (χ1) is 12.6. The first-order valence-corrected chi connectivity index (χ1v) is 8.36. The molecule has 0 aliphatic heterocycles. The molecule has 6 heteroatoms. The van der Waals surface area contributed by atoms with Crippen LogP contribution in [-0.4, -0.2) is 19.0 Å². The first-order valence-electron chi connectivity index (χ1n) is 8.36. The molecule has 0 aliphatic rings. The van der Waals surface area contributed by atoms with Crippen molar-refractivity contribution in [2.45, 2.75) is 13.8 Å². The number of benzene rings is 2. The quantitative estimate of drug-likeness (QED) is 0.581. The molecule has 2 N–H and O–H groups in total. The Hall–Kier alpha value is -3.33. The highest BCUT2D eigenvalue weighted by Gasteiger charge is 2.09. The minimum atomic E-state index is -0.564. The minimum Gasteiger partial charge on any atom is -0.372 e. The molecule has 0 atom stereocenters. The van der Waals surface area contributed by atoms with Crippen LogP contribution >= 0.6 is 0 Å². The van der Waals surface area contributed by atoms with Crippen molar-refractivity contribution in [1.29, 1.82) is 5.26 Å². The Bertz CT molecular complexity index is 803. The standard InChI is InChI=1S/C20H21FN4O/c1-3-25(4-2)19-11-9-17(10-12-19)23-14-15(13-22)20(26)24-18-7-5-16(21)6-8-18/h5-12,14,23H,3-4H2,1-2H3,(H,24,26)/b15-14-. The van der Waals surface area contributed by atoms with Crippen molar-refractivity contribution in [2.75, 3.05) is 28.6 Å². The molecule has 26 heavy (non-hydrogen) atoms. The van der Waals surface area contributed by atoms with Crippen molar-refractivity contribution >= 4 is 23.0 Å². The molecule has 5 nitrogen and oxygen atoms in total. The first kappa shape index (κ1) is 19.0. The van der Waals surface area contributed by atoms with Crippen molar-refractivity contribution in [1.82, 2.24) is 0 Å². The zero-order valence-electron chi connectivity index (χ0n) is 14.8. The summed E-state index contributed by atoms with van der Waals surface area (Å²) in [6.45, 7) is 6.03. The van der Waals surface area contributed by atoms with Gasteiger partial charge in [-0.2, -0.15) is 5.26 Å². The van der Waals surface area contributed by atoms with Gasteiger partial charge in [0, 0.05) is 36.4 Å². The van der Waals surface area contributed by atoms with E-state index in [4.69, 9.17) is 0 Å². The fraction of sp³-hybridized carbons (Fsp3) is 0.200. The van der Waals surface area contributed by atoms with Crippen LogP contribution in [-0.2, 0) is 4.79 Å². The molecule has 0 fully saturated rings. The van der Waals surface area contributed by atoms with Gasteiger partial charge < -0.3 is 15.5 Å². The molecule has 0 spiro atoms. The monoisotopic (exact) mass is 352 g/mol. The average molecular weight is 352 g/mol. The van der Waals surface area contributed by atoms with Crippen molar-refractivity contribution in [2.24, 2.45) is 0 Å². The Labute approximate surface area is 152 Å². The summed E-state index contributed by atoms with van der Waals surface area (Å²) in [7, 11) is 0. The highest BCUT2D eigenvalue weighted by atomic mass is 19.1. The van der Waals surface area contributed by atoms with Crippen LogP contribution in [0, 0.1) is 17.1 Å². The predicted octanol–water partition coefficient (Wildman–Crippen LogP) is 4.13. The summed E-state index contributed by atoms with van der Waals surface area (Å²) in [6.07, 6.45) is 1.35. The fourth-order valence-corrected chi connectivity index (χ4v) is 2.39. The van der Waals surface area contributed by atoms with Crippen LogP contribution in [0.4, 0.5) is 21.5 Å². The van der Waals surface area contributed by atoms with E-state index in [0.717, 1.165) is 24.5 Å². The summed E-state index contributed by atoms with van der Waals surface area (Å²) in [5.74, 6) is -0.958. The zero-order chi connectivity index (χ0) is 18.9. The third kappa shape index (κ3) is 5.08. The molecule has 1 amide bonds. The van der Waals surface area contributed by atoms with E-state index in [0.29, 0.717) is 5.69 Å². The van der Waals surface area contributed by atoms with E-state index in [1.165, 1.54) is 30.5 Å². The SMILES string of the molecule is CCN(CC)c1ccc(N/C=C(/C#N)C(=O)Nc2ccc(F)cc2)cc1. The highest BCUT2D eigenvalue weighted by Crippen LogP contribution is 2.18. The van der Waals surface area contributed by atoms with Crippen LogP contribution in [0.25, 0.3) is 0 Å². The van der Waals surface area contributed by atoms with Crippen molar-refractivity contribution in [3.8, 4) is 6.07 Å². The maximum atomic E-state index is 12.9. The molecule has 0 bridgehead atoms. The summed E-state index contributed by atoms with van der Waals surface area (Å²) in [6, 6.07) is 14.9. The second kappa shape index (κ2) is 9.23. The lowest BCUT2D eigenvalue weighted by Gasteiger charge is -2.21. The molecule has 0 heterocycles. The van der Waals surface area contributed by atoms with Crippen LogP contribution in [0.2, 0.25) is 0 Å². The van der Waals surface area contributed by atoms with Crippen LogP contribution < -0.4 is 15.5 Å². The van der Waals surface area contributed by atoms with Crippen molar-refractivity contribution < 1.29 is 9.18 Å². The van der Waals surface area contributed by atoms with Gasteiger partial charge in [0.2, 0.25) is 0 Å². The van der Waals surface area contributed by atoms with E-state index < -0.39 is 11.7 Å². The summed E-state index contributed by atoms with van der Waals surface area (Å²) in [4.78, 5) is 14.3. The Morgan fingerprint density at radius 2 is 1.65 bits per heavy atom. The van der Waals surface area contributed by atoms with Gasteiger partial charge in [0.05, 0.1) is 0 Å². The number of nitrogens with one attached hydrogen (secondary N) is 2. The minimum absolute atomic E-state index is 0.0813. The van der Waals surface area contributed by atoms with Crippen molar-refractivity contribution in [3.05, 3.63) is 66.1 Å². The van der Waals surface area contributed by atoms with Crippen molar-refractivity contribution in [3.63, 3.8) is 0 Å². The smallest absolute Gasteiger partial charge is 0.267 e. The lowest BCUT2D eigenvalue weighted by atomic mass is 10.2. The van der Waals surface area contributed by atoms with Crippen LogP contribution in [0.5, 0.6) is 0 Å². The van der Waals surface area contributed by atoms with Gasteiger partial charge in [-0.15, -0.1) is 0 Å². The van der Waals surface area contributed by atoms with E-state index >= 15 is 0 Å². The highest BCUT2D eigenvalue weighted by molar-refractivity contribution is 6.06. The third-order valence-electron chi connectivity index (χ3n) is 3.85. The lowest BCUT2D eigenvalue weighted by molar-refractivity contribution is -0.112. The van der Waals surface area contributed by atoms with E-state index in [2.05, 4.69) is 29.4 Å². The third-order valence-corrected chi connectivity index (χ3v) is 3.85. The maximum absolute atomic E-state index is 12.9. The molecule has 0 aliphatic carbocycles. The Morgan fingerprint density at radius 1 is 1.08 bits per heavy atom. The number of nitriles is 1. The van der Waals surface area contributed by atoms with E-state index in [1.807, 2.05) is 30.3 Å². The average Bonchev–Trinajstić information content (AvgIpc) is 2.66. The molecule has 0 radical (unpaired) electrons. The summed E-state index contributed by atoms with van der Waals surface area (Å²) in [5, 5.41) is 14.7. The van der Waals surface area contributed by atoms with E-state index in [-0.39, 0.29) is 5.57 Å². The second-order valence-electron chi connectivity index (χ2n) is 5.49. The molecule has 0 aromatic heterocycles. The number of halogens is 1. The van der Waals surface area contributed by atoms with Gasteiger partial charge in [-0.05, 0) is 62.4 Å². The molecule has 2 aromatic rings. The molecule has 0 saturated carbocycles. The molecule has 0 unspecified atom stereocenters. The number of hydrogen-bond donors (Lipinski definition) is 2. The molecule has 2 rings (SSSR count). The maximum Gasteiger partial charge on any atom is 0.267 e. The van der Waals surface area contributed by atoms with Crippen LogP contribution in [0.15, 0.2) is 60.3 Å². The number of carbonyl (C=O) groups is 1.